The zero-order valence-electron chi connectivity index (χ0n) is 15.0. The molecule has 1 aromatic carbocycles. The SMILES string of the molecule is O=C(N[S@@](=O)[C@@H]1C=C[C@H]2CCC[C@H]12)O[C@H]1CCCC[C@H]1c1ccccc1. The highest BCUT2D eigenvalue weighted by atomic mass is 32.2. The number of fused-ring (bicyclic) bond motifs is 1. The molecule has 5 heteroatoms. The Morgan fingerprint density at radius 1 is 1.00 bits per heavy atom. The molecule has 0 unspecified atom stereocenters. The van der Waals surface area contributed by atoms with Crippen LogP contribution in [-0.4, -0.2) is 21.7 Å². The van der Waals surface area contributed by atoms with Crippen molar-refractivity contribution in [1.29, 1.82) is 0 Å². The van der Waals surface area contributed by atoms with Gasteiger partial charge in [0.15, 0.2) is 0 Å². The van der Waals surface area contributed by atoms with Crippen molar-refractivity contribution in [1.82, 2.24) is 4.72 Å². The smallest absolute Gasteiger partial charge is 0.419 e. The maximum absolute atomic E-state index is 12.6. The molecule has 0 aromatic heterocycles. The van der Waals surface area contributed by atoms with Crippen LogP contribution in [0, 0.1) is 11.8 Å². The standard InChI is InChI=1S/C21H27NO3S/c23-21(22-26(24)20-14-13-16-9-6-11-18(16)20)25-19-12-5-4-10-17(19)15-7-2-1-3-8-15/h1-3,7-8,13-14,16-20H,4-6,9-12H2,(H,22,23)/t16-,17+,18+,19+,20-,26+/m1/s1. The number of nitrogens with one attached hydrogen (secondary N) is 1. The van der Waals surface area contributed by atoms with Crippen LogP contribution in [0.25, 0.3) is 0 Å². The number of hydrogen-bond donors (Lipinski definition) is 1. The summed E-state index contributed by atoms with van der Waals surface area (Å²) in [6, 6.07) is 10.3. The van der Waals surface area contributed by atoms with E-state index in [0.717, 1.165) is 32.1 Å². The van der Waals surface area contributed by atoms with Crippen LogP contribution in [-0.2, 0) is 15.7 Å². The number of allylic oxidation sites excluding steroid dienone is 1. The lowest BCUT2D eigenvalue weighted by molar-refractivity contribution is 0.0652. The number of carbonyl (C=O) groups excluding carboxylic acids is 1. The lowest BCUT2D eigenvalue weighted by atomic mass is 9.81. The normalized spacial score (nSPS) is 34.2. The number of benzene rings is 1. The highest BCUT2D eigenvalue weighted by molar-refractivity contribution is 7.84. The monoisotopic (exact) mass is 373 g/mol. The quantitative estimate of drug-likeness (QED) is 0.793. The maximum atomic E-state index is 12.6. The highest BCUT2D eigenvalue weighted by Gasteiger charge is 2.39. The second kappa shape index (κ2) is 7.95. The molecule has 140 valence electrons. The minimum Gasteiger partial charge on any atom is -0.445 e. The molecule has 0 saturated heterocycles. The van der Waals surface area contributed by atoms with E-state index in [1.165, 1.54) is 18.4 Å². The van der Waals surface area contributed by atoms with Crippen LogP contribution < -0.4 is 4.72 Å². The van der Waals surface area contributed by atoms with Crippen LogP contribution in [0.5, 0.6) is 0 Å². The predicted octanol–water partition coefficient (Wildman–Crippen LogP) is 4.46. The fraction of sp³-hybridized carbons (Fsp3) is 0.571. The first-order valence-corrected chi connectivity index (χ1v) is 11.0. The van der Waals surface area contributed by atoms with Crippen molar-refractivity contribution in [2.45, 2.75) is 62.2 Å². The third-order valence-corrected chi connectivity index (χ3v) is 7.58. The van der Waals surface area contributed by atoms with Crippen molar-refractivity contribution >= 4 is 17.1 Å². The van der Waals surface area contributed by atoms with Crippen LogP contribution >= 0.6 is 0 Å². The van der Waals surface area contributed by atoms with Crippen molar-refractivity contribution < 1.29 is 13.7 Å². The van der Waals surface area contributed by atoms with Crippen LogP contribution in [0.1, 0.15) is 56.4 Å². The molecule has 1 N–H and O–H groups in total. The average Bonchev–Trinajstić information content (AvgIpc) is 3.26. The predicted molar refractivity (Wildman–Crippen MR) is 103 cm³/mol. The minimum absolute atomic E-state index is 0.0636. The van der Waals surface area contributed by atoms with Crippen LogP contribution in [0.4, 0.5) is 4.79 Å². The molecule has 4 nitrogen and oxygen atoms in total. The van der Waals surface area contributed by atoms with Crippen molar-refractivity contribution in [3.05, 3.63) is 48.0 Å². The zero-order chi connectivity index (χ0) is 17.9. The van der Waals surface area contributed by atoms with E-state index in [4.69, 9.17) is 4.74 Å². The Morgan fingerprint density at radius 2 is 1.81 bits per heavy atom. The minimum atomic E-state index is -1.41. The first kappa shape index (κ1) is 17.8. The first-order valence-electron chi connectivity index (χ1n) is 9.83. The Morgan fingerprint density at radius 3 is 2.65 bits per heavy atom. The van der Waals surface area contributed by atoms with Crippen LogP contribution in [0.15, 0.2) is 42.5 Å². The lowest BCUT2D eigenvalue weighted by Gasteiger charge is -2.31. The maximum Gasteiger partial charge on any atom is 0.419 e. The fourth-order valence-corrected chi connectivity index (χ4v) is 6.16. The Balaban J connectivity index is 1.36. The zero-order valence-corrected chi connectivity index (χ0v) is 15.8. The fourth-order valence-electron chi connectivity index (χ4n) is 4.92. The molecule has 3 aliphatic rings. The lowest BCUT2D eigenvalue weighted by Crippen LogP contribution is -2.39. The van der Waals surface area contributed by atoms with E-state index in [0.29, 0.717) is 11.8 Å². The molecule has 26 heavy (non-hydrogen) atoms. The van der Waals surface area contributed by atoms with E-state index in [9.17, 15) is 9.00 Å². The second-order valence-electron chi connectivity index (χ2n) is 7.75. The van der Waals surface area contributed by atoms with E-state index < -0.39 is 17.1 Å². The molecule has 6 atom stereocenters. The molecule has 0 aliphatic heterocycles. The van der Waals surface area contributed by atoms with Crippen LogP contribution in [0.2, 0.25) is 0 Å². The van der Waals surface area contributed by atoms with Gasteiger partial charge in [0.05, 0.1) is 5.25 Å². The molecule has 2 saturated carbocycles. The van der Waals surface area contributed by atoms with Gasteiger partial charge in [-0.15, -0.1) is 0 Å². The molecule has 3 aliphatic carbocycles. The molecular formula is C21H27NO3S. The molecule has 0 spiro atoms. The van der Waals surface area contributed by atoms with Gasteiger partial charge >= 0.3 is 6.09 Å². The molecule has 2 fully saturated rings. The first-order chi connectivity index (χ1) is 12.7. The van der Waals surface area contributed by atoms with Gasteiger partial charge in [0.1, 0.15) is 17.1 Å². The number of amides is 1. The molecule has 4 rings (SSSR count). The molecule has 1 amide bonds. The molecule has 0 bridgehead atoms. The van der Waals surface area contributed by atoms with Gasteiger partial charge in [-0.1, -0.05) is 55.3 Å². The van der Waals surface area contributed by atoms with Gasteiger partial charge in [-0.05, 0) is 49.5 Å². The summed E-state index contributed by atoms with van der Waals surface area (Å²) in [5.74, 6) is 1.19. The largest absolute Gasteiger partial charge is 0.445 e. The van der Waals surface area contributed by atoms with E-state index in [-0.39, 0.29) is 17.3 Å². The molecule has 0 radical (unpaired) electrons. The Kier molecular flexibility index (Phi) is 5.44. The third-order valence-electron chi connectivity index (χ3n) is 6.21. The van der Waals surface area contributed by atoms with Gasteiger partial charge < -0.3 is 4.74 Å². The summed E-state index contributed by atoms with van der Waals surface area (Å²) in [6.45, 7) is 0. The summed E-state index contributed by atoms with van der Waals surface area (Å²) in [6.07, 6.45) is 11.1. The second-order valence-corrected chi connectivity index (χ2v) is 9.10. The Bertz CT molecular complexity index is 690. The van der Waals surface area contributed by atoms with Crippen molar-refractivity contribution in [2.75, 3.05) is 0 Å². The van der Waals surface area contributed by atoms with Gasteiger partial charge in [0.25, 0.3) is 0 Å². The van der Waals surface area contributed by atoms with Gasteiger partial charge in [-0.3, -0.25) is 0 Å². The van der Waals surface area contributed by atoms with Crippen molar-refractivity contribution in [3.8, 4) is 0 Å². The van der Waals surface area contributed by atoms with Crippen molar-refractivity contribution in [3.63, 3.8) is 0 Å². The van der Waals surface area contributed by atoms with E-state index in [2.05, 4.69) is 22.9 Å². The number of carbonyl (C=O) groups is 1. The van der Waals surface area contributed by atoms with E-state index >= 15 is 0 Å². The number of rotatable bonds is 4. The van der Waals surface area contributed by atoms with Gasteiger partial charge in [0, 0.05) is 5.92 Å². The van der Waals surface area contributed by atoms with E-state index in [1.54, 1.807) is 0 Å². The Labute approximate surface area is 158 Å². The number of ether oxygens (including phenoxy) is 1. The third kappa shape index (κ3) is 3.73. The summed E-state index contributed by atoms with van der Waals surface area (Å²) < 4.78 is 21.0. The van der Waals surface area contributed by atoms with E-state index in [1.807, 2.05) is 24.3 Å². The van der Waals surface area contributed by atoms with Gasteiger partial charge in [-0.2, -0.15) is 0 Å². The average molecular weight is 374 g/mol. The number of hydrogen-bond acceptors (Lipinski definition) is 3. The summed E-state index contributed by atoms with van der Waals surface area (Å²) in [4.78, 5) is 12.4. The Hall–Kier alpha value is -1.62. The highest BCUT2D eigenvalue weighted by Crippen LogP contribution is 2.41. The van der Waals surface area contributed by atoms with Crippen molar-refractivity contribution in [2.24, 2.45) is 11.8 Å². The molecule has 1 aromatic rings. The summed E-state index contributed by atoms with van der Waals surface area (Å²) in [5.41, 5.74) is 1.22. The summed E-state index contributed by atoms with van der Waals surface area (Å²) in [5, 5.41) is -0.0636. The van der Waals surface area contributed by atoms with Crippen LogP contribution in [0.3, 0.4) is 0 Å². The topological polar surface area (TPSA) is 55.4 Å². The van der Waals surface area contributed by atoms with Gasteiger partial charge in [0.2, 0.25) is 0 Å². The molecule has 0 heterocycles. The summed E-state index contributed by atoms with van der Waals surface area (Å²) in [7, 11) is -1.41. The molecular weight excluding hydrogens is 346 g/mol. The summed E-state index contributed by atoms with van der Waals surface area (Å²) >= 11 is 0. The van der Waals surface area contributed by atoms with Gasteiger partial charge in [-0.25, -0.2) is 13.7 Å².